The lowest BCUT2D eigenvalue weighted by Crippen LogP contribution is -2.41. The summed E-state index contributed by atoms with van der Waals surface area (Å²) in [6, 6.07) is 18.9. The molecule has 3 unspecified atom stereocenters. The van der Waals surface area contributed by atoms with Crippen LogP contribution in [0.25, 0.3) is 10.9 Å². The van der Waals surface area contributed by atoms with Gasteiger partial charge in [0.2, 0.25) is 0 Å². The van der Waals surface area contributed by atoms with Crippen LogP contribution in [-0.4, -0.2) is 55.7 Å². The van der Waals surface area contributed by atoms with Gasteiger partial charge in [0.1, 0.15) is 5.84 Å². The SMILES string of the molecule is CC.CC1=NC(CCc2ccc3ccccc3n2)C2CC2(C)N1.CN=C(C)N=CCc1ccc(OC)c(OC)c1. The second-order valence-corrected chi connectivity index (χ2v) is 10.1. The average molecular weight is 544 g/mol. The minimum atomic E-state index is 0.313. The second-order valence-electron chi connectivity index (χ2n) is 10.1. The van der Waals surface area contributed by atoms with E-state index in [-0.39, 0.29) is 0 Å². The molecule has 1 saturated carbocycles. The molecule has 2 aromatic carbocycles. The molecule has 1 aliphatic heterocycles. The van der Waals surface area contributed by atoms with Crippen LogP contribution < -0.4 is 14.8 Å². The van der Waals surface area contributed by atoms with Gasteiger partial charge in [0.15, 0.2) is 11.5 Å². The summed E-state index contributed by atoms with van der Waals surface area (Å²) >= 11 is 0. The Balaban J connectivity index is 0.000000213. The fraction of sp³-hybridized carbons (Fsp3) is 0.455. The summed E-state index contributed by atoms with van der Waals surface area (Å²) in [5.41, 5.74) is 3.71. The molecule has 3 aromatic rings. The molecule has 0 amide bonds. The van der Waals surface area contributed by atoms with Crippen molar-refractivity contribution in [2.45, 2.75) is 71.9 Å². The maximum atomic E-state index is 5.23. The van der Waals surface area contributed by atoms with Gasteiger partial charge in [0.05, 0.1) is 31.6 Å². The molecule has 7 heteroatoms. The number of nitrogens with zero attached hydrogens (tertiary/aromatic N) is 4. The number of fused-ring (bicyclic) bond motifs is 2. The van der Waals surface area contributed by atoms with Crippen LogP contribution in [0.1, 0.15) is 58.7 Å². The number of aliphatic imine (C=N–C) groups is 3. The van der Waals surface area contributed by atoms with Gasteiger partial charge in [0, 0.05) is 42.2 Å². The quantitative estimate of drug-likeness (QED) is 0.265. The van der Waals surface area contributed by atoms with Crippen molar-refractivity contribution >= 4 is 28.8 Å². The van der Waals surface area contributed by atoms with Crippen molar-refractivity contribution in [2.75, 3.05) is 21.3 Å². The van der Waals surface area contributed by atoms with Crippen LogP contribution in [0, 0.1) is 5.92 Å². The number of aryl methyl sites for hydroxylation is 1. The van der Waals surface area contributed by atoms with E-state index in [0.717, 1.165) is 53.5 Å². The monoisotopic (exact) mass is 543 g/mol. The number of pyridine rings is 1. The highest BCUT2D eigenvalue weighted by atomic mass is 16.5. The molecule has 7 nitrogen and oxygen atoms in total. The Labute approximate surface area is 239 Å². The number of nitrogens with one attached hydrogen (secondary N) is 1. The first kappa shape index (κ1) is 30.8. The third-order valence-electron chi connectivity index (χ3n) is 7.32. The number of rotatable bonds is 7. The largest absolute Gasteiger partial charge is 0.493 e. The van der Waals surface area contributed by atoms with Crippen molar-refractivity contribution in [1.82, 2.24) is 10.3 Å². The highest BCUT2D eigenvalue weighted by molar-refractivity contribution is 5.88. The van der Waals surface area contributed by atoms with Gasteiger partial charge in [-0.1, -0.05) is 44.2 Å². The lowest BCUT2D eigenvalue weighted by molar-refractivity contribution is 0.354. The molecule has 3 atom stereocenters. The van der Waals surface area contributed by atoms with Crippen LogP contribution in [-0.2, 0) is 12.8 Å². The zero-order valence-corrected chi connectivity index (χ0v) is 25.4. The van der Waals surface area contributed by atoms with Crippen molar-refractivity contribution in [2.24, 2.45) is 20.9 Å². The molecule has 214 valence electrons. The molecule has 0 radical (unpaired) electrons. The topological polar surface area (TPSA) is 80.5 Å². The van der Waals surface area contributed by atoms with Gasteiger partial charge in [-0.15, -0.1) is 0 Å². The number of hydrogen-bond acceptors (Lipinski definition) is 6. The summed E-state index contributed by atoms with van der Waals surface area (Å²) in [5.74, 6) is 4.05. The first-order valence-electron chi connectivity index (χ1n) is 14.2. The number of ether oxygens (including phenoxy) is 2. The molecule has 0 saturated heterocycles. The first-order chi connectivity index (χ1) is 19.3. The molecule has 0 bridgehead atoms. The van der Waals surface area contributed by atoms with E-state index >= 15 is 0 Å². The van der Waals surface area contributed by atoms with Gasteiger partial charge in [-0.3, -0.25) is 15.0 Å². The summed E-state index contributed by atoms with van der Waals surface area (Å²) in [4.78, 5) is 17.7. The molecule has 1 N–H and O–H groups in total. The van der Waals surface area contributed by atoms with Crippen LogP contribution in [0.5, 0.6) is 11.5 Å². The van der Waals surface area contributed by atoms with E-state index in [2.05, 4.69) is 65.5 Å². The van der Waals surface area contributed by atoms with Crippen molar-refractivity contribution in [1.29, 1.82) is 0 Å². The summed E-state index contributed by atoms with van der Waals surface area (Å²) in [6.07, 6.45) is 5.95. The standard InChI is InChI=1S/C18H21N3.C13H18N2O2.C2H6/c1-12-19-17(15-11-18(15,2)21-12)10-9-14-8-7-13-5-3-4-6-16(13)20-14;1-10(14-2)15-8-7-11-5-6-12(16-3)13(9-11)17-4;1-2/h3-8,15,17H,9-11H2,1-2H3,(H,19,21);5-6,8-9H,7H2,1-4H3;1-2H3. The number of methoxy groups -OCH3 is 2. The molecule has 1 fully saturated rings. The minimum Gasteiger partial charge on any atom is -0.493 e. The lowest BCUT2D eigenvalue weighted by Gasteiger charge is -2.25. The highest BCUT2D eigenvalue weighted by Crippen LogP contribution is 2.49. The van der Waals surface area contributed by atoms with E-state index in [4.69, 9.17) is 19.5 Å². The zero-order chi connectivity index (χ0) is 29.1. The van der Waals surface area contributed by atoms with E-state index in [9.17, 15) is 0 Å². The van der Waals surface area contributed by atoms with Gasteiger partial charge in [-0.2, -0.15) is 0 Å². The van der Waals surface area contributed by atoms with Gasteiger partial charge in [-0.25, -0.2) is 4.99 Å². The predicted octanol–water partition coefficient (Wildman–Crippen LogP) is 6.73. The number of amidine groups is 2. The smallest absolute Gasteiger partial charge is 0.160 e. The number of hydrogen-bond donors (Lipinski definition) is 1. The fourth-order valence-electron chi connectivity index (χ4n) is 5.04. The third-order valence-corrected chi connectivity index (χ3v) is 7.32. The number of benzene rings is 2. The Morgan fingerprint density at radius 2 is 1.82 bits per heavy atom. The van der Waals surface area contributed by atoms with Crippen LogP contribution in [0.4, 0.5) is 0 Å². The van der Waals surface area contributed by atoms with Gasteiger partial charge in [-0.05, 0) is 69.9 Å². The fourth-order valence-corrected chi connectivity index (χ4v) is 5.04. The van der Waals surface area contributed by atoms with Crippen LogP contribution >= 0.6 is 0 Å². The predicted molar refractivity (Wildman–Crippen MR) is 169 cm³/mol. The number of para-hydroxylation sites is 1. The Morgan fingerprint density at radius 3 is 2.55 bits per heavy atom. The van der Waals surface area contributed by atoms with Crippen molar-refractivity contribution in [3.05, 3.63) is 65.9 Å². The maximum Gasteiger partial charge on any atom is 0.160 e. The van der Waals surface area contributed by atoms with Crippen LogP contribution in [0.3, 0.4) is 0 Å². The van der Waals surface area contributed by atoms with E-state index < -0.39 is 0 Å². The van der Waals surface area contributed by atoms with Crippen molar-refractivity contribution < 1.29 is 9.47 Å². The van der Waals surface area contributed by atoms with Gasteiger partial charge in [0.25, 0.3) is 0 Å². The molecular weight excluding hydrogens is 498 g/mol. The second kappa shape index (κ2) is 14.6. The molecule has 0 spiro atoms. The molecule has 2 aliphatic rings. The van der Waals surface area contributed by atoms with Gasteiger partial charge >= 0.3 is 0 Å². The summed E-state index contributed by atoms with van der Waals surface area (Å²) in [7, 11) is 4.98. The minimum absolute atomic E-state index is 0.313. The normalized spacial score (nSPS) is 21.2. The maximum absolute atomic E-state index is 5.23. The van der Waals surface area contributed by atoms with Crippen LogP contribution in [0.2, 0.25) is 0 Å². The first-order valence-corrected chi connectivity index (χ1v) is 14.2. The van der Waals surface area contributed by atoms with E-state index in [1.807, 2.05) is 45.2 Å². The van der Waals surface area contributed by atoms with Crippen molar-refractivity contribution in [3.8, 4) is 11.5 Å². The molecule has 1 aliphatic carbocycles. The highest BCUT2D eigenvalue weighted by Gasteiger charge is 2.56. The third kappa shape index (κ3) is 8.13. The Morgan fingerprint density at radius 1 is 1.07 bits per heavy atom. The zero-order valence-electron chi connectivity index (χ0n) is 25.4. The van der Waals surface area contributed by atoms with Crippen molar-refractivity contribution in [3.63, 3.8) is 0 Å². The average Bonchev–Trinajstić information content (AvgIpc) is 3.67. The summed E-state index contributed by atoms with van der Waals surface area (Å²) in [6.45, 7) is 10.3. The van der Waals surface area contributed by atoms with Gasteiger partial charge < -0.3 is 14.8 Å². The number of aromatic nitrogens is 1. The molecule has 5 rings (SSSR count). The van der Waals surface area contributed by atoms with E-state index in [1.165, 1.54) is 17.5 Å². The van der Waals surface area contributed by atoms with Crippen LogP contribution in [0.15, 0.2) is 69.6 Å². The van der Waals surface area contributed by atoms with E-state index in [0.29, 0.717) is 17.5 Å². The summed E-state index contributed by atoms with van der Waals surface area (Å²) in [5, 5.41) is 4.73. The lowest BCUT2D eigenvalue weighted by atomic mass is 10.0. The molecular formula is C33H45N5O2. The Kier molecular flexibility index (Phi) is 11.2. The molecule has 40 heavy (non-hydrogen) atoms. The molecule has 1 aromatic heterocycles. The summed E-state index contributed by atoms with van der Waals surface area (Å²) < 4.78 is 10.4. The Hall–Kier alpha value is -3.74. The van der Waals surface area contributed by atoms with E-state index in [1.54, 1.807) is 21.3 Å². The Bertz CT molecular complexity index is 1350. The molecule has 2 heterocycles.